The van der Waals surface area contributed by atoms with Gasteiger partial charge in [-0.3, -0.25) is 0 Å². The number of nitrogens with zero attached hydrogens (tertiary/aromatic N) is 4. The first-order chi connectivity index (χ1) is 15.1. The molecule has 0 aliphatic heterocycles. The number of nitrogens with two attached hydrogens (primary N) is 2. The first kappa shape index (κ1) is 22.6. The third-order valence-electron chi connectivity index (χ3n) is 5.13. The Morgan fingerprint density at radius 2 is 2.00 bits per heavy atom. The lowest BCUT2D eigenvalue weighted by molar-refractivity contribution is 0.271. The quantitative estimate of drug-likeness (QED) is 0.454. The Balaban J connectivity index is 2.05. The zero-order valence-electron chi connectivity index (χ0n) is 16.3. The van der Waals surface area contributed by atoms with Crippen LogP contribution in [0.4, 0.5) is 10.2 Å². The van der Waals surface area contributed by atoms with Gasteiger partial charge in [0, 0.05) is 11.1 Å². The molecule has 0 radical (unpaired) electrons. The number of halogens is 3. The Kier molecular flexibility index (Phi) is 5.72. The SMILES string of the molecule is Nc1ncnc2c1c(C1=C(Cl)C(Cl)(c3ccccc3F)C(S(N)(=O)=O)C=C1)nn2CCO. The minimum Gasteiger partial charge on any atom is -0.394 e. The van der Waals surface area contributed by atoms with Crippen LogP contribution in [0.2, 0.25) is 0 Å². The number of rotatable bonds is 5. The Bertz CT molecular complexity index is 1390. The van der Waals surface area contributed by atoms with Crippen LogP contribution in [-0.4, -0.2) is 45.1 Å². The molecule has 1 aromatic carbocycles. The van der Waals surface area contributed by atoms with Gasteiger partial charge in [-0.1, -0.05) is 42.0 Å². The highest BCUT2D eigenvalue weighted by molar-refractivity contribution is 7.90. The lowest BCUT2D eigenvalue weighted by Crippen LogP contribution is -2.45. The smallest absolute Gasteiger partial charge is 0.218 e. The molecule has 2 atom stereocenters. The van der Waals surface area contributed by atoms with Crippen molar-refractivity contribution in [2.24, 2.45) is 5.14 Å². The monoisotopic (exact) mass is 498 g/mol. The van der Waals surface area contributed by atoms with Gasteiger partial charge in [0.1, 0.15) is 33.8 Å². The Labute approximate surface area is 192 Å². The summed E-state index contributed by atoms with van der Waals surface area (Å²) >= 11 is 13.5. The summed E-state index contributed by atoms with van der Waals surface area (Å²) in [4.78, 5) is 6.06. The molecule has 32 heavy (non-hydrogen) atoms. The fraction of sp³-hybridized carbons (Fsp3) is 0.211. The maximum Gasteiger partial charge on any atom is 0.218 e. The molecule has 1 aliphatic carbocycles. The summed E-state index contributed by atoms with van der Waals surface area (Å²) in [5.74, 6) is -0.679. The van der Waals surface area contributed by atoms with Crippen molar-refractivity contribution in [3.8, 4) is 0 Å². The Morgan fingerprint density at radius 1 is 1.28 bits per heavy atom. The highest BCUT2D eigenvalue weighted by Crippen LogP contribution is 2.51. The van der Waals surface area contributed by atoms with Gasteiger partial charge in [-0.15, -0.1) is 11.6 Å². The molecule has 4 rings (SSSR count). The molecule has 2 unspecified atom stereocenters. The molecule has 0 spiro atoms. The number of aliphatic hydroxyl groups excluding tert-OH is 1. The second kappa shape index (κ2) is 8.09. The fourth-order valence-electron chi connectivity index (χ4n) is 3.73. The van der Waals surface area contributed by atoms with Crippen LogP contribution >= 0.6 is 23.2 Å². The van der Waals surface area contributed by atoms with E-state index in [4.69, 9.17) is 34.1 Å². The molecular weight excluding hydrogens is 482 g/mol. The molecule has 168 valence electrons. The van der Waals surface area contributed by atoms with Gasteiger partial charge in [0.2, 0.25) is 10.0 Å². The average molecular weight is 499 g/mol. The summed E-state index contributed by atoms with van der Waals surface area (Å²) in [5, 5.41) is 17.8. The van der Waals surface area contributed by atoms with E-state index in [1.165, 1.54) is 41.4 Å². The molecule has 0 amide bonds. The summed E-state index contributed by atoms with van der Waals surface area (Å²) in [6, 6.07) is 5.41. The van der Waals surface area contributed by atoms with Crippen LogP contribution in [0.25, 0.3) is 16.6 Å². The Hall–Kier alpha value is -2.57. The molecule has 0 bridgehead atoms. The summed E-state index contributed by atoms with van der Waals surface area (Å²) in [6.45, 7) is -0.133. The predicted molar refractivity (Wildman–Crippen MR) is 120 cm³/mol. The predicted octanol–water partition coefficient (Wildman–Crippen LogP) is 1.85. The number of fused-ring (bicyclic) bond motifs is 1. The van der Waals surface area contributed by atoms with E-state index in [2.05, 4.69) is 15.1 Å². The molecule has 1 aliphatic rings. The molecule has 0 fully saturated rings. The van der Waals surface area contributed by atoms with Crippen molar-refractivity contribution in [3.63, 3.8) is 0 Å². The van der Waals surface area contributed by atoms with Crippen LogP contribution in [0.3, 0.4) is 0 Å². The standard InChI is InChI=1S/C19H17Cl2FN6O3S/c20-16-10(15-14-17(23)25-9-26-18(14)28(27-15)7-8-29)5-6-13(32(24,30)31)19(16,21)11-3-1-2-4-12(11)22/h1-6,9,13,29H,7-8H2,(H2,23,25,26)(H2,24,30,31). The number of nitrogen functional groups attached to an aromatic ring is 1. The molecule has 9 nitrogen and oxygen atoms in total. The van der Waals surface area contributed by atoms with E-state index in [1.54, 1.807) is 0 Å². The van der Waals surface area contributed by atoms with Crippen LogP contribution in [0.1, 0.15) is 11.3 Å². The number of hydrogen-bond donors (Lipinski definition) is 3. The van der Waals surface area contributed by atoms with Gasteiger partial charge in [-0.05, 0) is 6.07 Å². The number of aliphatic hydroxyl groups is 1. The number of aromatic nitrogens is 4. The van der Waals surface area contributed by atoms with E-state index in [9.17, 15) is 17.9 Å². The lowest BCUT2D eigenvalue weighted by atomic mass is 9.86. The average Bonchev–Trinajstić information content (AvgIpc) is 3.09. The van der Waals surface area contributed by atoms with Gasteiger partial charge in [0.25, 0.3) is 0 Å². The van der Waals surface area contributed by atoms with Crippen LogP contribution in [0.5, 0.6) is 0 Å². The summed E-state index contributed by atoms with van der Waals surface area (Å²) in [7, 11) is -4.30. The molecule has 3 aromatic rings. The van der Waals surface area contributed by atoms with Gasteiger partial charge in [-0.25, -0.2) is 32.6 Å². The number of benzene rings is 1. The third-order valence-corrected chi connectivity index (χ3v) is 7.70. The maximum absolute atomic E-state index is 14.8. The third kappa shape index (κ3) is 3.46. The molecule has 0 saturated carbocycles. The van der Waals surface area contributed by atoms with E-state index in [1.807, 2.05) is 0 Å². The first-order valence-electron chi connectivity index (χ1n) is 9.23. The molecule has 2 heterocycles. The van der Waals surface area contributed by atoms with Gasteiger partial charge in [0.15, 0.2) is 5.65 Å². The van der Waals surface area contributed by atoms with Crippen molar-refractivity contribution in [2.75, 3.05) is 12.3 Å². The van der Waals surface area contributed by atoms with Crippen molar-refractivity contribution >= 4 is 55.6 Å². The first-order valence-corrected chi connectivity index (χ1v) is 11.6. The normalized spacial score (nSPS) is 21.5. The zero-order chi connectivity index (χ0) is 23.3. The fourth-order valence-corrected chi connectivity index (χ4v) is 5.86. The van der Waals surface area contributed by atoms with Crippen LogP contribution in [0.15, 0.2) is 47.8 Å². The van der Waals surface area contributed by atoms with Crippen molar-refractivity contribution in [1.29, 1.82) is 0 Å². The van der Waals surface area contributed by atoms with Gasteiger partial charge in [-0.2, -0.15) is 5.10 Å². The van der Waals surface area contributed by atoms with Crippen LogP contribution in [-0.2, 0) is 21.4 Å². The summed E-state index contributed by atoms with van der Waals surface area (Å²) < 4.78 is 41.0. The highest BCUT2D eigenvalue weighted by atomic mass is 35.5. The Morgan fingerprint density at radius 3 is 2.66 bits per heavy atom. The number of hydrogen-bond acceptors (Lipinski definition) is 7. The lowest BCUT2D eigenvalue weighted by Gasteiger charge is -2.36. The van der Waals surface area contributed by atoms with Crippen molar-refractivity contribution in [2.45, 2.75) is 16.7 Å². The van der Waals surface area contributed by atoms with Crippen molar-refractivity contribution < 1.29 is 17.9 Å². The minimum atomic E-state index is -4.30. The number of anilines is 1. The van der Waals surface area contributed by atoms with E-state index >= 15 is 0 Å². The molecular formula is C19H17Cl2FN6O3S. The van der Waals surface area contributed by atoms with E-state index in [0.717, 1.165) is 6.07 Å². The van der Waals surface area contributed by atoms with E-state index < -0.39 is 26.0 Å². The molecule has 0 saturated heterocycles. The summed E-state index contributed by atoms with van der Waals surface area (Å²) in [5.41, 5.74) is 6.59. The molecule has 2 aromatic heterocycles. The van der Waals surface area contributed by atoms with E-state index in [0.29, 0.717) is 11.0 Å². The topological polar surface area (TPSA) is 150 Å². The number of primary sulfonamides is 1. The second-order valence-corrected chi connectivity index (χ2v) is 9.70. The number of sulfonamides is 1. The van der Waals surface area contributed by atoms with Crippen LogP contribution in [0, 0.1) is 5.82 Å². The van der Waals surface area contributed by atoms with Crippen molar-refractivity contribution in [3.05, 3.63) is 64.9 Å². The minimum absolute atomic E-state index is 0.0826. The maximum atomic E-state index is 14.8. The summed E-state index contributed by atoms with van der Waals surface area (Å²) in [6.07, 6.45) is 3.86. The second-order valence-electron chi connectivity index (χ2n) is 7.04. The highest BCUT2D eigenvalue weighted by Gasteiger charge is 2.51. The van der Waals surface area contributed by atoms with Crippen LogP contribution < -0.4 is 10.9 Å². The van der Waals surface area contributed by atoms with Crippen molar-refractivity contribution in [1.82, 2.24) is 19.7 Å². The largest absolute Gasteiger partial charge is 0.394 e. The molecule has 13 heteroatoms. The number of allylic oxidation sites excluding steroid dienone is 3. The number of alkyl halides is 1. The molecule has 5 N–H and O–H groups in total. The van der Waals surface area contributed by atoms with Gasteiger partial charge in [0.05, 0.1) is 23.6 Å². The van der Waals surface area contributed by atoms with Gasteiger partial charge < -0.3 is 10.8 Å². The van der Waals surface area contributed by atoms with E-state index in [-0.39, 0.29) is 40.8 Å². The van der Waals surface area contributed by atoms with Gasteiger partial charge >= 0.3 is 0 Å². The zero-order valence-corrected chi connectivity index (χ0v) is 18.6.